The third kappa shape index (κ3) is 5.01. The van der Waals surface area contributed by atoms with E-state index in [2.05, 4.69) is 10.3 Å². The zero-order valence-corrected chi connectivity index (χ0v) is 18.8. The maximum atomic E-state index is 13.0. The summed E-state index contributed by atoms with van der Waals surface area (Å²) in [5.74, 6) is -0.274. The van der Waals surface area contributed by atoms with Gasteiger partial charge in [0, 0.05) is 11.3 Å². The maximum absolute atomic E-state index is 13.0. The fourth-order valence-corrected chi connectivity index (χ4v) is 3.31. The Morgan fingerprint density at radius 1 is 0.939 bits per heavy atom. The Morgan fingerprint density at radius 3 is 2.30 bits per heavy atom. The number of esters is 1. The fourth-order valence-electron chi connectivity index (χ4n) is 3.31. The summed E-state index contributed by atoms with van der Waals surface area (Å²) in [7, 11) is 0. The first-order chi connectivity index (χ1) is 16.1. The predicted molar refractivity (Wildman–Crippen MR) is 129 cm³/mol. The molecule has 0 aliphatic heterocycles. The largest absolute Gasteiger partial charge is 0.461 e. The highest BCUT2D eigenvalue weighted by molar-refractivity contribution is 5.94. The number of carbonyl (C=O) groups is 1. The van der Waals surface area contributed by atoms with Crippen LogP contribution in [-0.4, -0.2) is 17.6 Å². The number of rotatable bonds is 6. The molecule has 1 N–H and O–H groups in total. The van der Waals surface area contributed by atoms with Gasteiger partial charge in [-0.2, -0.15) is 0 Å². The summed E-state index contributed by atoms with van der Waals surface area (Å²) in [5.41, 5.74) is 4.95. The van der Waals surface area contributed by atoms with Crippen LogP contribution >= 0.6 is 0 Å². The van der Waals surface area contributed by atoms with E-state index in [-0.39, 0.29) is 23.7 Å². The van der Waals surface area contributed by atoms with E-state index in [9.17, 15) is 4.79 Å². The van der Waals surface area contributed by atoms with Gasteiger partial charge < -0.3 is 14.5 Å². The summed E-state index contributed by atoms with van der Waals surface area (Å²) in [4.78, 5) is 22.3. The van der Waals surface area contributed by atoms with Crippen LogP contribution in [0.1, 0.15) is 28.5 Å². The van der Waals surface area contributed by atoms with Gasteiger partial charge in [-0.15, -0.1) is 0 Å². The number of para-hydroxylation sites is 2. The van der Waals surface area contributed by atoms with Gasteiger partial charge in [0.25, 0.3) is 0 Å². The van der Waals surface area contributed by atoms with Crippen LogP contribution in [0.4, 0.5) is 17.1 Å². The lowest BCUT2D eigenvalue weighted by atomic mass is 10.2. The second-order valence-corrected chi connectivity index (χ2v) is 7.47. The van der Waals surface area contributed by atoms with Crippen molar-refractivity contribution in [1.29, 1.82) is 0 Å². The van der Waals surface area contributed by atoms with Crippen LogP contribution in [0.25, 0.3) is 11.5 Å². The zero-order chi connectivity index (χ0) is 23.2. The first-order valence-corrected chi connectivity index (χ1v) is 10.8. The van der Waals surface area contributed by atoms with Crippen molar-refractivity contribution in [3.8, 4) is 11.5 Å². The SMILES string of the molecule is CCOC(=O)c1nc(-c2ccccc2)oc(=Nc2ccccc2C)c1Nc1ccccc1C. The number of aromatic nitrogens is 1. The van der Waals surface area contributed by atoms with Gasteiger partial charge in [-0.25, -0.2) is 14.8 Å². The first kappa shape index (κ1) is 22.0. The van der Waals surface area contributed by atoms with E-state index in [4.69, 9.17) is 14.1 Å². The summed E-state index contributed by atoms with van der Waals surface area (Å²) in [6, 6.07) is 24.9. The molecule has 0 bridgehead atoms. The van der Waals surface area contributed by atoms with E-state index in [0.717, 1.165) is 28.1 Å². The molecule has 0 aliphatic carbocycles. The van der Waals surface area contributed by atoms with Crippen molar-refractivity contribution in [2.75, 3.05) is 11.9 Å². The van der Waals surface area contributed by atoms with Gasteiger partial charge in [0.05, 0.1) is 12.3 Å². The highest BCUT2D eigenvalue weighted by Gasteiger charge is 2.22. The molecule has 1 heterocycles. The van der Waals surface area contributed by atoms with E-state index >= 15 is 0 Å². The average Bonchev–Trinajstić information content (AvgIpc) is 2.83. The standard InChI is InChI=1S/C27H25N3O3/c1-4-32-27(31)24-23(28-21-16-10-8-12-18(21)2)26(29-22-17-11-9-13-19(22)3)33-25(30-24)20-14-6-5-7-15-20/h5-17,28H,4H2,1-3H3. The van der Waals surface area contributed by atoms with Crippen LogP contribution in [-0.2, 0) is 4.74 Å². The molecule has 4 rings (SSSR count). The van der Waals surface area contributed by atoms with Crippen LogP contribution in [0.15, 0.2) is 88.3 Å². The quantitative estimate of drug-likeness (QED) is 0.367. The van der Waals surface area contributed by atoms with Crippen molar-refractivity contribution in [1.82, 2.24) is 4.98 Å². The molecule has 0 saturated heterocycles. The molecule has 0 unspecified atom stereocenters. The number of hydrogen-bond acceptors (Lipinski definition) is 6. The number of hydrogen-bond donors (Lipinski definition) is 1. The van der Waals surface area contributed by atoms with Crippen LogP contribution in [0, 0.1) is 13.8 Å². The summed E-state index contributed by atoms with van der Waals surface area (Å²) in [6.45, 7) is 5.93. The van der Waals surface area contributed by atoms with Crippen LogP contribution in [0.2, 0.25) is 0 Å². The van der Waals surface area contributed by atoms with Gasteiger partial charge >= 0.3 is 5.97 Å². The Labute approximate surface area is 192 Å². The molecular weight excluding hydrogens is 414 g/mol. The second kappa shape index (κ2) is 9.96. The van der Waals surface area contributed by atoms with Crippen molar-refractivity contribution in [3.63, 3.8) is 0 Å². The topological polar surface area (TPSA) is 76.7 Å². The van der Waals surface area contributed by atoms with Crippen LogP contribution in [0.5, 0.6) is 0 Å². The smallest absolute Gasteiger partial charge is 0.359 e. The summed E-state index contributed by atoms with van der Waals surface area (Å²) < 4.78 is 11.5. The highest BCUT2D eigenvalue weighted by Crippen LogP contribution is 2.25. The minimum absolute atomic E-state index is 0.109. The van der Waals surface area contributed by atoms with E-state index in [1.807, 2.05) is 92.7 Å². The number of ether oxygens (including phenoxy) is 1. The first-order valence-electron chi connectivity index (χ1n) is 10.8. The van der Waals surface area contributed by atoms with Crippen molar-refractivity contribution in [3.05, 3.63) is 101 Å². The number of aryl methyl sites for hydroxylation is 2. The number of nitrogens with zero attached hydrogens (tertiary/aromatic N) is 2. The molecule has 6 heteroatoms. The second-order valence-electron chi connectivity index (χ2n) is 7.47. The molecule has 3 aromatic carbocycles. The molecule has 6 nitrogen and oxygen atoms in total. The Bertz CT molecular complexity index is 1340. The van der Waals surface area contributed by atoms with Crippen molar-refractivity contribution >= 4 is 23.0 Å². The Hall–Kier alpha value is -4.19. The normalized spacial score (nSPS) is 11.3. The number of anilines is 2. The lowest BCUT2D eigenvalue weighted by molar-refractivity contribution is 0.0519. The van der Waals surface area contributed by atoms with Crippen molar-refractivity contribution in [2.24, 2.45) is 4.99 Å². The number of carbonyl (C=O) groups excluding carboxylic acids is 1. The van der Waals surface area contributed by atoms with Crippen LogP contribution < -0.4 is 10.9 Å². The Kier molecular flexibility index (Phi) is 6.64. The van der Waals surface area contributed by atoms with Gasteiger partial charge in [-0.1, -0.05) is 54.6 Å². The third-order valence-electron chi connectivity index (χ3n) is 5.09. The van der Waals surface area contributed by atoms with Gasteiger partial charge in [0.15, 0.2) is 5.69 Å². The predicted octanol–water partition coefficient (Wildman–Crippen LogP) is 6.11. The molecule has 0 radical (unpaired) electrons. The minimum Gasteiger partial charge on any atom is -0.461 e. The summed E-state index contributed by atoms with van der Waals surface area (Å²) >= 11 is 0. The van der Waals surface area contributed by atoms with E-state index < -0.39 is 5.97 Å². The summed E-state index contributed by atoms with van der Waals surface area (Å²) in [5, 5.41) is 3.32. The molecule has 0 saturated carbocycles. The van der Waals surface area contributed by atoms with E-state index in [1.165, 1.54) is 0 Å². The number of nitrogens with one attached hydrogen (secondary N) is 1. The Balaban J connectivity index is 2.01. The van der Waals surface area contributed by atoms with Crippen molar-refractivity contribution < 1.29 is 13.9 Å². The van der Waals surface area contributed by atoms with Crippen LogP contribution in [0.3, 0.4) is 0 Å². The number of benzene rings is 3. The fraction of sp³-hybridized carbons (Fsp3) is 0.148. The Morgan fingerprint density at radius 2 is 1.61 bits per heavy atom. The average molecular weight is 440 g/mol. The molecule has 0 atom stereocenters. The molecular formula is C27H25N3O3. The minimum atomic E-state index is -0.553. The lowest BCUT2D eigenvalue weighted by Crippen LogP contribution is -2.19. The highest BCUT2D eigenvalue weighted by atomic mass is 16.5. The van der Waals surface area contributed by atoms with Gasteiger partial charge in [0.2, 0.25) is 11.4 Å². The lowest BCUT2D eigenvalue weighted by Gasteiger charge is -2.14. The molecule has 4 aromatic rings. The zero-order valence-electron chi connectivity index (χ0n) is 18.8. The van der Waals surface area contributed by atoms with Gasteiger partial charge in [0.1, 0.15) is 5.69 Å². The molecule has 1 aromatic heterocycles. The monoisotopic (exact) mass is 439 g/mol. The maximum Gasteiger partial charge on any atom is 0.359 e. The molecule has 33 heavy (non-hydrogen) atoms. The molecule has 0 aliphatic rings. The van der Waals surface area contributed by atoms with E-state index in [0.29, 0.717) is 5.69 Å². The van der Waals surface area contributed by atoms with E-state index in [1.54, 1.807) is 6.92 Å². The van der Waals surface area contributed by atoms with Gasteiger partial charge in [-0.05, 0) is 56.2 Å². The molecule has 0 fully saturated rings. The van der Waals surface area contributed by atoms with Gasteiger partial charge in [-0.3, -0.25) is 0 Å². The van der Waals surface area contributed by atoms with Crippen molar-refractivity contribution in [2.45, 2.75) is 20.8 Å². The molecule has 166 valence electrons. The molecule has 0 spiro atoms. The third-order valence-corrected chi connectivity index (χ3v) is 5.09. The summed E-state index contributed by atoms with van der Waals surface area (Å²) in [6.07, 6.45) is 0. The molecule has 0 amide bonds.